The molecule has 0 spiro atoms. The molecule has 4 unspecified atom stereocenters. The topological polar surface area (TPSA) is 133 Å². The van der Waals surface area contributed by atoms with Gasteiger partial charge in [-0.3, -0.25) is 0 Å². The zero-order chi connectivity index (χ0) is 26.3. The highest BCUT2D eigenvalue weighted by Gasteiger charge is 2.44. The highest BCUT2D eigenvalue weighted by molar-refractivity contribution is 5.81. The van der Waals surface area contributed by atoms with Crippen molar-refractivity contribution in [3.8, 4) is 0 Å². The largest absolute Gasteiger partial charge is 0.460 e. The van der Waals surface area contributed by atoms with Crippen molar-refractivity contribution in [2.24, 2.45) is 0 Å². The number of hydrogen-bond donors (Lipinski definition) is 3. The fourth-order valence-electron chi connectivity index (χ4n) is 3.95. The minimum Gasteiger partial charge on any atom is -0.460 e. The van der Waals surface area contributed by atoms with Crippen molar-refractivity contribution >= 4 is 5.97 Å². The van der Waals surface area contributed by atoms with Crippen LogP contribution in [0.3, 0.4) is 0 Å². The Morgan fingerprint density at radius 2 is 1.61 bits per heavy atom. The molecular weight excluding hydrogens is 472 g/mol. The lowest BCUT2D eigenvalue weighted by Crippen LogP contribution is -2.45. The Morgan fingerprint density at radius 3 is 2.33 bits per heavy atom. The van der Waals surface area contributed by atoms with Crippen molar-refractivity contribution < 1.29 is 48.5 Å². The van der Waals surface area contributed by atoms with E-state index in [1.54, 1.807) is 0 Å². The first-order valence-electron chi connectivity index (χ1n) is 13.4. The van der Waals surface area contributed by atoms with Crippen LogP contribution in [-0.2, 0) is 33.2 Å². The van der Waals surface area contributed by atoms with E-state index >= 15 is 0 Å². The van der Waals surface area contributed by atoms with Crippen molar-refractivity contribution in [3.05, 3.63) is 12.2 Å². The van der Waals surface area contributed by atoms with Gasteiger partial charge in [0.2, 0.25) is 0 Å². The fourth-order valence-corrected chi connectivity index (χ4v) is 3.95. The predicted octanol–water partition coefficient (Wildman–Crippen LogP) is 1.77. The maximum Gasteiger partial charge on any atom is 0.330 e. The summed E-state index contributed by atoms with van der Waals surface area (Å²) in [7, 11) is 0. The lowest BCUT2D eigenvalue weighted by atomic mass is 10.1. The second-order valence-corrected chi connectivity index (χ2v) is 8.68. The molecule has 3 N–H and O–H groups in total. The Kier molecular flexibility index (Phi) is 21.1. The van der Waals surface area contributed by atoms with E-state index in [-0.39, 0.29) is 66.1 Å². The van der Waals surface area contributed by atoms with E-state index < -0.39 is 30.4 Å². The van der Waals surface area contributed by atoms with E-state index in [1.807, 2.05) is 6.08 Å². The third kappa shape index (κ3) is 15.2. The van der Waals surface area contributed by atoms with Crippen LogP contribution in [0.2, 0.25) is 0 Å². The molecule has 0 amide bonds. The number of carbonyl (C=O) groups excluding carboxylic acids is 1. The van der Waals surface area contributed by atoms with E-state index in [1.165, 1.54) is 44.6 Å². The van der Waals surface area contributed by atoms with Crippen LogP contribution in [0.15, 0.2) is 12.2 Å². The minimum atomic E-state index is -0.568. The Morgan fingerprint density at radius 1 is 0.917 bits per heavy atom. The quantitative estimate of drug-likeness (QED) is 0.0982. The van der Waals surface area contributed by atoms with Crippen LogP contribution < -0.4 is 0 Å². The van der Waals surface area contributed by atoms with Crippen LogP contribution in [0.5, 0.6) is 0 Å². The van der Waals surface area contributed by atoms with Crippen LogP contribution in [0.4, 0.5) is 0 Å². The Hall–Kier alpha value is -1.11. The number of unbranched alkanes of at least 4 members (excludes halogenated alkanes) is 7. The molecule has 0 aromatic heterocycles. The first kappa shape index (κ1) is 32.9. The fraction of sp³-hybridized carbons (Fsp3) is 0.885. The molecule has 10 heteroatoms. The number of rotatable bonds is 24. The zero-order valence-electron chi connectivity index (χ0n) is 21.9. The first-order valence-corrected chi connectivity index (χ1v) is 13.4. The maximum atomic E-state index is 11.9. The Bertz CT molecular complexity index is 545. The van der Waals surface area contributed by atoms with Crippen LogP contribution in [0.25, 0.3) is 0 Å². The van der Waals surface area contributed by atoms with Crippen LogP contribution in [0, 0.1) is 0 Å². The van der Waals surface area contributed by atoms with Gasteiger partial charge >= 0.3 is 5.97 Å². The number of hydrogen-bond acceptors (Lipinski definition) is 10. The van der Waals surface area contributed by atoms with E-state index in [4.69, 9.17) is 38.6 Å². The summed E-state index contributed by atoms with van der Waals surface area (Å²) in [6.07, 6.45) is 10.8. The average molecular weight is 521 g/mol. The predicted molar refractivity (Wildman–Crippen MR) is 134 cm³/mol. The van der Waals surface area contributed by atoms with Crippen molar-refractivity contribution in [1.29, 1.82) is 0 Å². The molecule has 1 aliphatic heterocycles. The molecule has 1 rings (SSSR count). The summed E-state index contributed by atoms with van der Waals surface area (Å²) in [5, 5.41) is 27.4. The molecule has 212 valence electrons. The standard InChI is InChI=1S/C26H48O10/c1-2-3-4-5-6-7-8-9-10-11-24(30)34-19-18-31-20-22(32-15-12-27)26-25(35-17-14-29)23(21-36-26)33-16-13-28/h10-11,22-23,25-29H,2-9,12-21H2,1H3. The van der Waals surface area contributed by atoms with E-state index in [0.717, 1.165) is 12.8 Å². The monoisotopic (exact) mass is 520 g/mol. The molecule has 0 aromatic carbocycles. The van der Waals surface area contributed by atoms with Gasteiger partial charge in [0.15, 0.2) is 0 Å². The summed E-state index contributed by atoms with van der Waals surface area (Å²) in [4.78, 5) is 11.9. The van der Waals surface area contributed by atoms with Crippen molar-refractivity contribution in [2.45, 2.75) is 82.7 Å². The summed E-state index contributed by atoms with van der Waals surface area (Å²) in [6.45, 7) is 2.72. The van der Waals surface area contributed by atoms with Gasteiger partial charge in [-0.25, -0.2) is 4.79 Å². The highest BCUT2D eigenvalue weighted by Crippen LogP contribution is 2.25. The van der Waals surface area contributed by atoms with E-state index in [9.17, 15) is 9.90 Å². The molecule has 0 radical (unpaired) electrons. The molecule has 0 bridgehead atoms. The molecule has 0 saturated carbocycles. The first-order chi connectivity index (χ1) is 17.7. The summed E-state index contributed by atoms with van der Waals surface area (Å²) < 4.78 is 33.7. The van der Waals surface area contributed by atoms with E-state index in [0.29, 0.717) is 0 Å². The number of esters is 1. The highest BCUT2D eigenvalue weighted by atomic mass is 16.6. The number of aliphatic hydroxyl groups is 3. The van der Waals surface area contributed by atoms with Gasteiger partial charge in [0, 0.05) is 6.08 Å². The van der Waals surface area contributed by atoms with Crippen LogP contribution in [0.1, 0.15) is 58.3 Å². The third-order valence-corrected chi connectivity index (χ3v) is 5.74. The molecule has 36 heavy (non-hydrogen) atoms. The average Bonchev–Trinajstić information content (AvgIpc) is 3.29. The molecule has 1 saturated heterocycles. The van der Waals surface area contributed by atoms with Crippen molar-refractivity contribution in [1.82, 2.24) is 0 Å². The molecule has 1 heterocycles. The van der Waals surface area contributed by atoms with Crippen LogP contribution >= 0.6 is 0 Å². The number of aliphatic hydroxyl groups excluding tert-OH is 3. The molecule has 4 atom stereocenters. The van der Waals surface area contributed by atoms with Gasteiger partial charge in [-0.15, -0.1) is 0 Å². The Balaban J connectivity index is 2.32. The van der Waals surface area contributed by atoms with Crippen LogP contribution in [-0.4, -0.2) is 112 Å². The van der Waals surface area contributed by atoms with E-state index in [2.05, 4.69) is 6.92 Å². The summed E-state index contributed by atoms with van der Waals surface area (Å²) in [5.41, 5.74) is 0. The van der Waals surface area contributed by atoms with Crippen molar-refractivity contribution in [3.63, 3.8) is 0 Å². The normalized spacial score (nSPS) is 20.8. The molecule has 0 aliphatic carbocycles. The maximum absolute atomic E-state index is 11.9. The SMILES string of the molecule is CCCCCCCCCC=CC(=O)OCCOCC(OCCO)C1OCC(OCCO)C1OCCO. The van der Waals surface area contributed by atoms with Gasteiger partial charge in [-0.2, -0.15) is 0 Å². The van der Waals surface area contributed by atoms with Gasteiger partial charge in [-0.05, 0) is 12.8 Å². The summed E-state index contributed by atoms with van der Waals surface area (Å²) in [5.74, 6) is -0.393. The minimum absolute atomic E-state index is 0.0846. The molecule has 1 aliphatic rings. The van der Waals surface area contributed by atoms with Gasteiger partial charge in [0.05, 0.1) is 59.5 Å². The summed E-state index contributed by atoms with van der Waals surface area (Å²) >= 11 is 0. The second-order valence-electron chi connectivity index (χ2n) is 8.68. The van der Waals surface area contributed by atoms with Gasteiger partial charge < -0.3 is 43.7 Å². The molecule has 10 nitrogen and oxygen atoms in total. The lowest BCUT2D eigenvalue weighted by molar-refractivity contribution is -0.144. The van der Waals surface area contributed by atoms with Gasteiger partial charge in [0.1, 0.15) is 31.0 Å². The number of carbonyl (C=O) groups is 1. The summed E-state index contributed by atoms with van der Waals surface area (Å²) in [6, 6.07) is 0. The molecular formula is C26H48O10. The lowest BCUT2D eigenvalue weighted by Gasteiger charge is -2.29. The van der Waals surface area contributed by atoms with Gasteiger partial charge in [0.25, 0.3) is 0 Å². The van der Waals surface area contributed by atoms with Gasteiger partial charge in [-0.1, -0.05) is 51.5 Å². The molecule has 1 fully saturated rings. The third-order valence-electron chi connectivity index (χ3n) is 5.74. The zero-order valence-corrected chi connectivity index (χ0v) is 21.9. The van der Waals surface area contributed by atoms with Crippen molar-refractivity contribution in [2.75, 3.05) is 66.1 Å². The Labute approximate surface area is 215 Å². The second kappa shape index (κ2) is 23.0. The number of allylic oxidation sites excluding steroid dienone is 1. The number of ether oxygens (including phenoxy) is 6. The molecule has 0 aromatic rings. The smallest absolute Gasteiger partial charge is 0.330 e.